The van der Waals surface area contributed by atoms with Gasteiger partial charge in [0.2, 0.25) is 0 Å². The quantitative estimate of drug-likeness (QED) is 0.568. The van der Waals surface area contributed by atoms with Crippen molar-refractivity contribution in [1.82, 2.24) is 15.0 Å². The molecule has 0 aliphatic carbocycles. The number of hydrogen-bond donors (Lipinski definition) is 0. The van der Waals surface area contributed by atoms with Crippen molar-refractivity contribution in [3.8, 4) is 22.8 Å². The topological polar surface area (TPSA) is 62.5 Å². The van der Waals surface area contributed by atoms with Crippen LogP contribution < -0.4 is 0 Å². The van der Waals surface area contributed by atoms with Crippen molar-refractivity contribution in [2.45, 2.75) is 0 Å². The van der Waals surface area contributed by atoms with Crippen LogP contribution in [-0.2, 0) is 20.4 Å². The van der Waals surface area contributed by atoms with Crippen molar-refractivity contribution < 1.29 is 20.4 Å². The molecule has 1 radical (unpaired) electrons. The van der Waals surface area contributed by atoms with Gasteiger partial charge in [-0.05, 0) is 36.4 Å². The Morgan fingerprint density at radius 1 is 0.619 bits per heavy atom. The first-order valence-corrected chi connectivity index (χ1v) is 5.96. The molecule has 0 spiro atoms. The first-order chi connectivity index (χ1) is 9.93. The Balaban J connectivity index is 0.000000706. The van der Waals surface area contributed by atoms with Gasteiger partial charge in [-0.3, -0.25) is 9.97 Å². The summed E-state index contributed by atoms with van der Waals surface area (Å²) in [4.78, 5) is 13.2. The van der Waals surface area contributed by atoms with Crippen molar-refractivity contribution in [1.29, 1.82) is 5.26 Å². The van der Waals surface area contributed by atoms with E-state index in [0.717, 1.165) is 22.8 Å². The third kappa shape index (κ3) is 4.29. The summed E-state index contributed by atoms with van der Waals surface area (Å²) in [6.45, 7) is 4.75. The van der Waals surface area contributed by atoms with Crippen LogP contribution in [0, 0.1) is 11.8 Å². The van der Waals surface area contributed by atoms with E-state index in [0.29, 0.717) is 0 Å². The Bertz CT molecular complexity index is 629. The number of nitrogens with zero attached hydrogens (tertiary/aromatic N) is 4. The second kappa shape index (κ2) is 8.71. The predicted molar refractivity (Wildman–Crippen MR) is 75.7 cm³/mol. The van der Waals surface area contributed by atoms with Crippen LogP contribution in [0.25, 0.3) is 22.8 Å². The molecule has 3 aromatic heterocycles. The van der Waals surface area contributed by atoms with Crippen LogP contribution in [0.15, 0.2) is 67.0 Å². The van der Waals surface area contributed by atoms with Gasteiger partial charge >= 0.3 is 0 Å². The SMILES string of the molecule is [C-]#N.[Re].c1ccc(-c2cccc(-c3ccccn3)n2)nc1. The van der Waals surface area contributed by atoms with Gasteiger partial charge in [0.1, 0.15) is 0 Å². The van der Waals surface area contributed by atoms with E-state index in [-0.39, 0.29) is 20.4 Å². The molecular formula is C16H11N4Re-. The van der Waals surface area contributed by atoms with Gasteiger partial charge in [0.15, 0.2) is 0 Å². The molecule has 0 amide bonds. The van der Waals surface area contributed by atoms with Gasteiger partial charge in [0.25, 0.3) is 0 Å². The molecule has 0 saturated carbocycles. The number of aromatic nitrogens is 3. The number of hydrogen-bond acceptors (Lipinski definition) is 4. The molecule has 0 aliphatic rings. The molecule has 0 saturated heterocycles. The van der Waals surface area contributed by atoms with Crippen LogP contribution in [0.5, 0.6) is 0 Å². The normalized spacial score (nSPS) is 8.86. The Kier molecular flexibility index (Phi) is 6.91. The van der Waals surface area contributed by atoms with Crippen LogP contribution in [0.2, 0.25) is 0 Å². The van der Waals surface area contributed by atoms with Gasteiger partial charge in [-0.25, -0.2) is 4.98 Å². The average Bonchev–Trinajstić information content (AvgIpc) is 2.58. The molecule has 0 atom stereocenters. The Labute approximate surface area is 137 Å². The molecule has 0 aliphatic heterocycles. The van der Waals surface area contributed by atoms with E-state index in [9.17, 15) is 0 Å². The monoisotopic (exact) mass is 446 g/mol. The first-order valence-electron chi connectivity index (χ1n) is 5.96. The summed E-state index contributed by atoms with van der Waals surface area (Å²) >= 11 is 0. The summed E-state index contributed by atoms with van der Waals surface area (Å²) in [6, 6.07) is 17.5. The largest absolute Gasteiger partial charge is 0.512 e. The third-order valence-corrected chi connectivity index (χ3v) is 2.60. The first kappa shape index (κ1) is 16.7. The van der Waals surface area contributed by atoms with Gasteiger partial charge < -0.3 is 11.8 Å². The van der Waals surface area contributed by atoms with Gasteiger partial charge in [-0.1, -0.05) is 18.2 Å². The van der Waals surface area contributed by atoms with Gasteiger partial charge in [0.05, 0.1) is 22.8 Å². The van der Waals surface area contributed by atoms with Crippen LogP contribution in [0.4, 0.5) is 0 Å². The van der Waals surface area contributed by atoms with Crippen LogP contribution in [-0.4, -0.2) is 15.0 Å². The summed E-state index contributed by atoms with van der Waals surface area (Å²) in [5, 5.41) is 6.25. The van der Waals surface area contributed by atoms with Gasteiger partial charge in [0, 0.05) is 32.8 Å². The van der Waals surface area contributed by atoms with E-state index >= 15 is 0 Å². The molecule has 0 unspecified atom stereocenters. The summed E-state index contributed by atoms with van der Waals surface area (Å²) in [5.41, 5.74) is 3.46. The second-order valence-corrected chi connectivity index (χ2v) is 3.84. The molecule has 0 bridgehead atoms. The zero-order valence-corrected chi connectivity index (χ0v) is 13.7. The molecule has 103 valence electrons. The minimum atomic E-state index is 0. The second-order valence-electron chi connectivity index (χ2n) is 3.84. The molecule has 0 N–H and O–H groups in total. The molecule has 3 rings (SSSR count). The Morgan fingerprint density at radius 3 is 1.43 bits per heavy atom. The van der Waals surface area contributed by atoms with E-state index in [1.54, 1.807) is 12.4 Å². The van der Waals surface area contributed by atoms with Crippen LogP contribution in [0.3, 0.4) is 0 Å². The molecule has 0 fully saturated rings. The maximum Gasteiger partial charge on any atom is 0.0894 e. The smallest absolute Gasteiger partial charge is 0.0894 e. The van der Waals surface area contributed by atoms with Gasteiger partial charge in [-0.2, -0.15) is 0 Å². The fourth-order valence-electron chi connectivity index (χ4n) is 1.75. The maximum atomic E-state index is 6.25. The van der Waals surface area contributed by atoms with Crippen molar-refractivity contribution >= 4 is 0 Å². The molecule has 21 heavy (non-hydrogen) atoms. The van der Waals surface area contributed by atoms with E-state index < -0.39 is 0 Å². The van der Waals surface area contributed by atoms with E-state index in [1.807, 2.05) is 54.6 Å². The zero-order chi connectivity index (χ0) is 14.2. The third-order valence-electron chi connectivity index (χ3n) is 2.60. The molecular weight excluding hydrogens is 434 g/mol. The maximum absolute atomic E-state index is 6.25. The average molecular weight is 445 g/mol. The van der Waals surface area contributed by atoms with E-state index in [2.05, 4.69) is 15.0 Å². The Morgan fingerprint density at radius 2 is 1.05 bits per heavy atom. The van der Waals surface area contributed by atoms with Crippen molar-refractivity contribution in [3.05, 3.63) is 73.6 Å². The molecule has 0 aromatic carbocycles. The molecule has 3 aromatic rings. The Hall–Kier alpha value is -2.40. The van der Waals surface area contributed by atoms with E-state index in [1.165, 1.54) is 0 Å². The number of rotatable bonds is 2. The zero-order valence-electron chi connectivity index (χ0n) is 11.0. The predicted octanol–water partition coefficient (Wildman–Crippen LogP) is 3.30. The van der Waals surface area contributed by atoms with Gasteiger partial charge in [-0.15, -0.1) is 0 Å². The van der Waals surface area contributed by atoms with Crippen molar-refractivity contribution in [2.24, 2.45) is 0 Å². The minimum Gasteiger partial charge on any atom is -0.512 e. The van der Waals surface area contributed by atoms with Crippen LogP contribution in [0.1, 0.15) is 0 Å². The van der Waals surface area contributed by atoms with Crippen molar-refractivity contribution in [2.75, 3.05) is 0 Å². The van der Waals surface area contributed by atoms with E-state index in [4.69, 9.17) is 11.8 Å². The minimum absolute atomic E-state index is 0. The van der Waals surface area contributed by atoms with Crippen LogP contribution >= 0.6 is 0 Å². The number of pyridine rings is 3. The van der Waals surface area contributed by atoms with Crippen molar-refractivity contribution in [3.63, 3.8) is 0 Å². The standard InChI is InChI=1S/C15H11N3.CN.Re/c1-3-10-16-12(6-1)14-8-5-9-15(18-14)13-7-2-4-11-17-13;1-2;/h1-11H;;/q;-1;. The molecule has 4 nitrogen and oxygen atoms in total. The molecule has 3 heterocycles. The summed E-state index contributed by atoms with van der Waals surface area (Å²) in [6.07, 6.45) is 3.54. The summed E-state index contributed by atoms with van der Waals surface area (Å²) in [7, 11) is 0. The fraction of sp³-hybridized carbons (Fsp3) is 0. The molecule has 5 heteroatoms. The summed E-state index contributed by atoms with van der Waals surface area (Å²) < 4.78 is 0. The fourth-order valence-corrected chi connectivity index (χ4v) is 1.75. The summed E-state index contributed by atoms with van der Waals surface area (Å²) in [5.74, 6) is 0.